The van der Waals surface area contributed by atoms with Crippen LogP contribution in [0.1, 0.15) is 5.56 Å². The molecule has 0 fully saturated rings. The summed E-state index contributed by atoms with van der Waals surface area (Å²) in [6, 6.07) is 7.56. The molecule has 4 nitrogen and oxygen atoms in total. The topological polar surface area (TPSA) is 41.6 Å². The van der Waals surface area contributed by atoms with Gasteiger partial charge < -0.3 is 5.32 Å². The monoisotopic (exact) mass is 192 g/mol. The Morgan fingerprint density at radius 3 is 3.00 bits per heavy atom. The normalized spacial score (nSPS) is 15.8. The van der Waals surface area contributed by atoms with Crippen molar-refractivity contribution in [3.05, 3.63) is 29.8 Å². The van der Waals surface area contributed by atoms with Crippen LogP contribution in [0.25, 0.3) is 0 Å². The van der Waals surface area contributed by atoms with Gasteiger partial charge in [0.1, 0.15) is 0 Å². The summed E-state index contributed by atoms with van der Waals surface area (Å²) in [5.74, 6) is 0. The maximum absolute atomic E-state index is 11.5. The van der Waals surface area contributed by atoms with Crippen LogP contribution in [0, 0.1) is 0 Å². The van der Waals surface area contributed by atoms with Gasteiger partial charge in [-0.15, -0.1) is 0 Å². The quantitative estimate of drug-likeness (QED) is 0.734. The number of anilines is 1. The van der Waals surface area contributed by atoms with E-state index in [0.717, 1.165) is 17.7 Å². The van der Waals surface area contributed by atoms with E-state index in [0.29, 0.717) is 6.54 Å². The number of hydroxylamine groups is 2. The molecule has 0 aliphatic carbocycles. The summed E-state index contributed by atoms with van der Waals surface area (Å²) < 4.78 is 0. The third-order valence-electron chi connectivity index (χ3n) is 2.29. The van der Waals surface area contributed by atoms with Crippen LogP contribution in [-0.2, 0) is 11.3 Å². The van der Waals surface area contributed by atoms with E-state index in [-0.39, 0.29) is 6.03 Å². The molecule has 0 saturated heterocycles. The molecule has 0 radical (unpaired) electrons. The van der Waals surface area contributed by atoms with E-state index in [4.69, 9.17) is 4.84 Å². The van der Waals surface area contributed by atoms with Crippen molar-refractivity contribution in [3.8, 4) is 0 Å². The Hall–Kier alpha value is -1.55. The molecule has 0 saturated carbocycles. The highest BCUT2D eigenvalue weighted by atomic mass is 16.7. The van der Waals surface area contributed by atoms with E-state index in [9.17, 15) is 4.79 Å². The third kappa shape index (κ3) is 1.56. The Morgan fingerprint density at radius 1 is 1.43 bits per heavy atom. The number of nitrogens with one attached hydrogen (secondary N) is 1. The lowest BCUT2D eigenvalue weighted by atomic mass is 10.1. The average Bonchev–Trinajstić information content (AvgIpc) is 2.36. The van der Waals surface area contributed by atoms with Gasteiger partial charge in [0.2, 0.25) is 0 Å². The number of rotatable bonds is 1. The Labute approximate surface area is 82.4 Å². The summed E-state index contributed by atoms with van der Waals surface area (Å²) in [5.41, 5.74) is 2.01. The number of amides is 2. The van der Waals surface area contributed by atoms with Gasteiger partial charge >= 0.3 is 6.03 Å². The van der Waals surface area contributed by atoms with E-state index in [2.05, 4.69) is 5.32 Å². The van der Waals surface area contributed by atoms with E-state index < -0.39 is 0 Å². The lowest BCUT2D eigenvalue weighted by molar-refractivity contribution is -0.0798. The number of nitrogens with zero attached hydrogens (tertiary/aromatic N) is 1. The highest BCUT2D eigenvalue weighted by molar-refractivity contribution is 5.90. The van der Waals surface area contributed by atoms with Gasteiger partial charge in [-0.1, -0.05) is 18.2 Å². The number of carbonyl (C=O) groups is 1. The van der Waals surface area contributed by atoms with Crippen molar-refractivity contribution in [2.75, 3.05) is 19.0 Å². The maximum atomic E-state index is 11.5. The SMILES string of the molecule is CON1CCc2ccccc2NC1=O. The van der Waals surface area contributed by atoms with Crippen molar-refractivity contribution in [1.29, 1.82) is 0 Å². The second-order valence-corrected chi connectivity index (χ2v) is 3.12. The Kier molecular flexibility index (Phi) is 2.37. The molecule has 0 aromatic heterocycles. The molecule has 4 heteroatoms. The molecule has 0 spiro atoms. The zero-order valence-corrected chi connectivity index (χ0v) is 7.99. The van der Waals surface area contributed by atoms with Crippen molar-refractivity contribution < 1.29 is 9.63 Å². The lowest BCUT2D eigenvalue weighted by Gasteiger charge is -2.15. The smallest absolute Gasteiger partial charge is 0.306 e. The second kappa shape index (κ2) is 3.67. The average molecular weight is 192 g/mol. The fraction of sp³-hybridized carbons (Fsp3) is 0.300. The molecule has 1 aliphatic heterocycles. The van der Waals surface area contributed by atoms with E-state index in [1.807, 2.05) is 24.3 Å². The summed E-state index contributed by atoms with van der Waals surface area (Å²) in [7, 11) is 1.50. The number of hydrogen-bond donors (Lipinski definition) is 1. The number of urea groups is 1. The molecule has 1 N–H and O–H groups in total. The minimum absolute atomic E-state index is 0.211. The van der Waals surface area contributed by atoms with Gasteiger partial charge in [-0.2, -0.15) is 0 Å². The Balaban J connectivity index is 2.28. The van der Waals surface area contributed by atoms with E-state index in [1.54, 1.807) is 0 Å². The highest BCUT2D eigenvalue weighted by Crippen LogP contribution is 2.19. The van der Waals surface area contributed by atoms with Crippen LogP contribution in [0.5, 0.6) is 0 Å². The van der Waals surface area contributed by atoms with Gasteiger partial charge in [-0.05, 0) is 18.1 Å². The molecule has 14 heavy (non-hydrogen) atoms. The summed E-state index contributed by atoms with van der Waals surface area (Å²) in [4.78, 5) is 16.4. The Morgan fingerprint density at radius 2 is 2.21 bits per heavy atom. The van der Waals surface area contributed by atoms with Crippen LogP contribution in [0.2, 0.25) is 0 Å². The van der Waals surface area contributed by atoms with Crippen LogP contribution in [-0.4, -0.2) is 24.7 Å². The molecule has 0 unspecified atom stereocenters. The molecule has 0 atom stereocenters. The molecule has 1 aromatic rings. The molecular weight excluding hydrogens is 180 g/mol. The first-order chi connectivity index (χ1) is 6.81. The molecule has 1 heterocycles. The summed E-state index contributed by atoms with van der Waals surface area (Å²) in [6.45, 7) is 0.583. The number of benzene rings is 1. The minimum atomic E-state index is -0.211. The predicted octanol–water partition coefficient (Wildman–Crippen LogP) is 1.64. The fourth-order valence-corrected chi connectivity index (χ4v) is 1.54. The van der Waals surface area contributed by atoms with Gasteiger partial charge in [0.15, 0.2) is 0 Å². The molecule has 2 amide bonds. The first-order valence-electron chi connectivity index (χ1n) is 4.52. The fourth-order valence-electron chi connectivity index (χ4n) is 1.54. The van der Waals surface area contributed by atoms with E-state index >= 15 is 0 Å². The standard InChI is InChI=1S/C10H12N2O2/c1-14-12-7-6-8-4-2-3-5-9(8)11-10(12)13/h2-5H,6-7H2,1H3,(H,11,13). The van der Waals surface area contributed by atoms with Crippen molar-refractivity contribution in [1.82, 2.24) is 5.06 Å². The highest BCUT2D eigenvalue weighted by Gasteiger charge is 2.18. The molecule has 74 valence electrons. The lowest BCUT2D eigenvalue weighted by Crippen LogP contribution is -2.33. The first kappa shape index (κ1) is 9.02. The van der Waals surface area contributed by atoms with Crippen molar-refractivity contribution in [2.45, 2.75) is 6.42 Å². The van der Waals surface area contributed by atoms with Crippen LogP contribution in [0.15, 0.2) is 24.3 Å². The summed E-state index contributed by atoms with van der Waals surface area (Å²) in [5, 5.41) is 4.10. The Bertz CT molecular complexity index is 352. The van der Waals surface area contributed by atoms with Gasteiger partial charge in [-0.25, -0.2) is 9.86 Å². The molecular formula is C10H12N2O2. The molecule has 0 bridgehead atoms. The number of para-hydroxylation sites is 1. The molecule has 1 aromatic carbocycles. The predicted molar refractivity (Wildman–Crippen MR) is 52.9 cm³/mol. The number of carbonyl (C=O) groups excluding carboxylic acids is 1. The van der Waals surface area contributed by atoms with Gasteiger partial charge in [0.05, 0.1) is 13.7 Å². The second-order valence-electron chi connectivity index (χ2n) is 3.12. The van der Waals surface area contributed by atoms with Gasteiger partial charge in [0.25, 0.3) is 0 Å². The van der Waals surface area contributed by atoms with Crippen LogP contribution >= 0.6 is 0 Å². The molecule has 2 rings (SSSR count). The van der Waals surface area contributed by atoms with Crippen molar-refractivity contribution in [3.63, 3.8) is 0 Å². The van der Waals surface area contributed by atoms with Crippen LogP contribution < -0.4 is 5.32 Å². The van der Waals surface area contributed by atoms with Crippen LogP contribution in [0.3, 0.4) is 0 Å². The van der Waals surface area contributed by atoms with Crippen LogP contribution in [0.4, 0.5) is 10.5 Å². The zero-order valence-electron chi connectivity index (χ0n) is 7.99. The maximum Gasteiger partial charge on any atom is 0.345 e. The van der Waals surface area contributed by atoms with Gasteiger partial charge in [-0.3, -0.25) is 4.84 Å². The number of fused-ring (bicyclic) bond motifs is 1. The summed E-state index contributed by atoms with van der Waals surface area (Å²) in [6.07, 6.45) is 0.808. The summed E-state index contributed by atoms with van der Waals surface area (Å²) >= 11 is 0. The first-order valence-corrected chi connectivity index (χ1v) is 4.52. The zero-order chi connectivity index (χ0) is 9.97. The van der Waals surface area contributed by atoms with Gasteiger partial charge in [0, 0.05) is 5.69 Å². The minimum Gasteiger partial charge on any atom is -0.306 e. The van der Waals surface area contributed by atoms with Crippen molar-refractivity contribution >= 4 is 11.7 Å². The van der Waals surface area contributed by atoms with E-state index in [1.165, 1.54) is 12.2 Å². The third-order valence-corrected chi connectivity index (χ3v) is 2.29. The number of hydrogen-bond acceptors (Lipinski definition) is 2. The van der Waals surface area contributed by atoms with Crippen molar-refractivity contribution in [2.24, 2.45) is 0 Å². The largest absolute Gasteiger partial charge is 0.345 e. The molecule has 1 aliphatic rings.